The molecule has 10 nitrogen and oxygen atoms in total. The van der Waals surface area contributed by atoms with Crippen molar-refractivity contribution in [3.8, 4) is 0 Å². The Kier molecular flexibility index (Phi) is 8.78. The molecule has 204 valence electrons. The van der Waals surface area contributed by atoms with Gasteiger partial charge in [-0.1, -0.05) is 20.8 Å². The number of anilines is 1. The van der Waals surface area contributed by atoms with Gasteiger partial charge in [0.25, 0.3) is 0 Å². The number of nitrogens with one attached hydrogen (secondary N) is 1. The fourth-order valence-corrected chi connectivity index (χ4v) is 3.47. The zero-order valence-electron chi connectivity index (χ0n) is 23.3. The Morgan fingerprint density at radius 1 is 1.03 bits per heavy atom. The average Bonchev–Trinajstić information content (AvgIpc) is 3.09. The summed E-state index contributed by atoms with van der Waals surface area (Å²) in [4.78, 5) is 48.9. The van der Waals surface area contributed by atoms with Gasteiger partial charge in [0, 0.05) is 27.6 Å². The van der Waals surface area contributed by atoms with E-state index in [0.717, 1.165) is 0 Å². The van der Waals surface area contributed by atoms with E-state index in [2.05, 4.69) is 5.32 Å². The van der Waals surface area contributed by atoms with Crippen LogP contribution in [0.1, 0.15) is 80.2 Å². The lowest BCUT2D eigenvalue weighted by Crippen LogP contribution is -2.27. The second-order valence-electron chi connectivity index (χ2n) is 12.3. The molecule has 1 aromatic heterocycles. The number of hydrogen-bond acceptors (Lipinski definition) is 7. The molecule has 0 saturated heterocycles. The van der Waals surface area contributed by atoms with Gasteiger partial charge in [-0.05, 0) is 71.7 Å². The minimum Gasteiger partial charge on any atom is -0.465 e. The predicted molar refractivity (Wildman–Crippen MR) is 141 cm³/mol. The van der Waals surface area contributed by atoms with Crippen LogP contribution in [0.2, 0.25) is 0 Å². The molecule has 1 aromatic carbocycles. The van der Waals surface area contributed by atoms with Crippen molar-refractivity contribution < 1.29 is 28.8 Å². The van der Waals surface area contributed by atoms with Crippen molar-refractivity contribution in [2.24, 2.45) is 10.8 Å². The first-order valence-corrected chi connectivity index (χ1v) is 12.3. The van der Waals surface area contributed by atoms with E-state index in [1.54, 1.807) is 80.5 Å². The number of fused-ring (bicyclic) bond motifs is 1. The lowest BCUT2D eigenvalue weighted by Gasteiger charge is -2.20. The fraction of sp³-hybridized carbons (Fsp3) is 0.593. The van der Waals surface area contributed by atoms with Crippen molar-refractivity contribution in [3.63, 3.8) is 0 Å². The van der Waals surface area contributed by atoms with Gasteiger partial charge >= 0.3 is 12.1 Å². The quantitative estimate of drug-likeness (QED) is 0.281. The van der Waals surface area contributed by atoms with Crippen molar-refractivity contribution in [1.82, 2.24) is 4.57 Å². The Bertz CT molecular complexity index is 1180. The number of nitrogens with zero attached hydrogens (tertiary/aromatic N) is 2. The largest absolute Gasteiger partial charge is 0.465 e. The van der Waals surface area contributed by atoms with E-state index in [-0.39, 0.29) is 18.9 Å². The number of ether oxygens (including phenoxy) is 2. The van der Waals surface area contributed by atoms with Gasteiger partial charge in [0.15, 0.2) is 0 Å². The van der Waals surface area contributed by atoms with Crippen LogP contribution in [0.25, 0.3) is 10.9 Å². The van der Waals surface area contributed by atoms with Gasteiger partial charge in [0.2, 0.25) is 12.5 Å². The number of nitro groups is 1. The van der Waals surface area contributed by atoms with Crippen molar-refractivity contribution in [2.45, 2.75) is 80.3 Å². The third-order valence-electron chi connectivity index (χ3n) is 5.49. The van der Waals surface area contributed by atoms with Crippen LogP contribution in [0.5, 0.6) is 0 Å². The summed E-state index contributed by atoms with van der Waals surface area (Å²) in [7, 11) is 0. The smallest absolute Gasteiger partial charge is 0.419 e. The molecule has 2 rings (SSSR count). The molecule has 1 atom stereocenters. The minimum absolute atomic E-state index is 0.0197. The highest BCUT2D eigenvalue weighted by Gasteiger charge is 2.29. The molecule has 0 radical (unpaired) electrons. The predicted octanol–water partition coefficient (Wildman–Crippen LogP) is 5.75. The first-order chi connectivity index (χ1) is 16.8. The SMILES string of the molecule is CC(C)(C)OC(=O)n1cc(C(CCOC(=O)C(C)(C)C)C[N+](=O)[O-])c2cc(NC(=O)C(C)(C)C)ccc21. The highest BCUT2D eigenvalue weighted by Crippen LogP contribution is 2.33. The maximum Gasteiger partial charge on any atom is 0.419 e. The van der Waals surface area contributed by atoms with Gasteiger partial charge in [-0.25, -0.2) is 4.79 Å². The normalized spacial score (nSPS) is 13.2. The maximum atomic E-state index is 13.0. The summed E-state index contributed by atoms with van der Waals surface area (Å²) in [5, 5.41) is 15.0. The molecule has 0 saturated carbocycles. The Hall–Kier alpha value is -3.43. The van der Waals surface area contributed by atoms with Crippen LogP contribution in [0.4, 0.5) is 10.5 Å². The molecular weight excluding hydrogens is 478 g/mol. The highest BCUT2D eigenvalue weighted by molar-refractivity contribution is 5.99. The van der Waals surface area contributed by atoms with Gasteiger partial charge in [0.05, 0.1) is 23.5 Å². The third-order valence-corrected chi connectivity index (χ3v) is 5.49. The number of esters is 1. The lowest BCUT2D eigenvalue weighted by molar-refractivity contribution is -0.483. The van der Waals surface area contributed by atoms with Crippen molar-refractivity contribution >= 4 is 34.6 Å². The van der Waals surface area contributed by atoms with E-state index in [4.69, 9.17) is 9.47 Å². The van der Waals surface area contributed by atoms with E-state index < -0.39 is 45.9 Å². The van der Waals surface area contributed by atoms with E-state index in [1.807, 2.05) is 0 Å². The second kappa shape index (κ2) is 10.9. The van der Waals surface area contributed by atoms with Crippen LogP contribution in [0.15, 0.2) is 24.4 Å². The van der Waals surface area contributed by atoms with Gasteiger partial charge < -0.3 is 14.8 Å². The monoisotopic (exact) mass is 517 g/mol. The molecule has 37 heavy (non-hydrogen) atoms. The van der Waals surface area contributed by atoms with Gasteiger partial charge in [-0.2, -0.15) is 0 Å². The molecule has 0 spiro atoms. The van der Waals surface area contributed by atoms with Gasteiger partial charge in [-0.3, -0.25) is 24.3 Å². The summed E-state index contributed by atoms with van der Waals surface area (Å²) in [5.74, 6) is -1.27. The van der Waals surface area contributed by atoms with E-state index in [1.165, 1.54) is 10.8 Å². The Morgan fingerprint density at radius 3 is 2.16 bits per heavy atom. The van der Waals surface area contributed by atoms with E-state index >= 15 is 0 Å². The highest BCUT2D eigenvalue weighted by atomic mass is 16.6. The number of carbonyl (C=O) groups is 3. The molecule has 0 aliphatic heterocycles. The topological polar surface area (TPSA) is 130 Å². The van der Waals surface area contributed by atoms with Crippen LogP contribution in [-0.4, -0.2) is 46.2 Å². The molecule has 0 bridgehead atoms. The van der Waals surface area contributed by atoms with Crippen molar-refractivity contribution in [3.05, 3.63) is 40.1 Å². The molecule has 10 heteroatoms. The molecule has 1 amide bonds. The summed E-state index contributed by atoms with van der Waals surface area (Å²) < 4.78 is 12.2. The first kappa shape index (κ1) is 29.8. The summed E-state index contributed by atoms with van der Waals surface area (Å²) >= 11 is 0. The molecular formula is C27H39N3O7. The summed E-state index contributed by atoms with van der Waals surface area (Å²) in [5.41, 5.74) is -0.587. The van der Waals surface area contributed by atoms with Crippen LogP contribution >= 0.6 is 0 Å². The number of benzene rings is 1. The number of aromatic nitrogens is 1. The van der Waals surface area contributed by atoms with Crippen LogP contribution < -0.4 is 5.32 Å². The zero-order valence-corrected chi connectivity index (χ0v) is 23.3. The van der Waals surface area contributed by atoms with E-state index in [9.17, 15) is 24.5 Å². The number of rotatable bonds is 7. The number of carbonyl (C=O) groups excluding carboxylic acids is 3. The summed E-state index contributed by atoms with van der Waals surface area (Å²) in [6.07, 6.45) is 1.08. The van der Waals surface area contributed by atoms with Crippen LogP contribution in [-0.2, 0) is 19.1 Å². The van der Waals surface area contributed by atoms with Gasteiger partial charge in [-0.15, -0.1) is 0 Å². The Balaban J connectivity index is 2.56. The van der Waals surface area contributed by atoms with E-state index in [0.29, 0.717) is 22.2 Å². The molecule has 1 heterocycles. The molecule has 1 unspecified atom stereocenters. The maximum absolute atomic E-state index is 13.0. The van der Waals surface area contributed by atoms with Crippen molar-refractivity contribution in [1.29, 1.82) is 0 Å². The first-order valence-electron chi connectivity index (χ1n) is 12.3. The molecule has 0 aliphatic carbocycles. The minimum atomic E-state index is -0.754. The Morgan fingerprint density at radius 2 is 1.65 bits per heavy atom. The molecule has 0 aliphatic rings. The second-order valence-corrected chi connectivity index (χ2v) is 12.3. The molecule has 1 N–H and O–H groups in total. The van der Waals surface area contributed by atoms with Crippen LogP contribution in [0, 0.1) is 20.9 Å². The zero-order chi connectivity index (χ0) is 28.3. The summed E-state index contributed by atoms with van der Waals surface area (Å²) in [6, 6.07) is 5.04. The van der Waals surface area contributed by atoms with Crippen LogP contribution in [0.3, 0.4) is 0 Å². The number of hydrogen-bond donors (Lipinski definition) is 1. The summed E-state index contributed by atoms with van der Waals surface area (Å²) in [6.45, 7) is 15.3. The standard InChI is InChI=1S/C27H39N3O7/c1-25(2,3)22(31)28-18-10-11-21-19(14-18)20(16-29(21)24(33)37-27(7,8)9)17(15-30(34)35)12-13-36-23(32)26(4,5)6/h10-11,14,16-17H,12-13,15H2,1-9H3,(H,28,31). The third kappa shape index (κ3) is 8.30. The molecule has 0 fully saturated rings. The number of amides is 1. The molecule has 2 aromatic rings. The van der Waals surface area contributed by atoms with Gasteiger partial charge in [0.1, 0.15) is 5.60 Å². The average molecular weight is 518 g/mol. The van der Waals surface area contributed by atoms with Crippen molar-refractivity contribution in [2.75, 3.05) is 18.5 Å². The Labute approximate surface area is 217 Å². The lowest BCUT2D eigenvalue weighted by atomic mass is 9.94. The fourth-order valence-electron chi connectivity index (χ4n) is 3.47.